The van der Waals surface area contributed by atoms with Gasteiger partial charge < -0.3 is 14.6 Å². The van der Waals surface area contributed by atoms with Crippen molar-refractivity contribution in [2.45, 2.75) is 19.9 Å². The van der Waals surface area contributed by atoms with E-state index in [4.69, 9.17) is 4.42 Å². The molecule has 1 aromatic rings. The molecule has 15 heavy (non-hydrogen) atoms. The highest BCUT2D eigenvalue weighted by Crippen LogP contribution is 2.09. The first-order chi connectivity index (χ1) is 7.18. The Balaban J connectivity index is 2.13. The van der Waals surface area contributed by atoms with Crippen molar-refractivity contribution in [2.24, 2.45) is 0 Å². The molecule has 82 valence electrons. The number of piperazine rings is 1. The molecule has 5 nitrogen and oxygen atoms in total. The first kappa shape index (κ1) is 10.2. The Morgan fingerprint density at radius 1 is 1.73 bits per heavy atom. The quantitative estimate of drug-likeness (QED) is 0.728. The van der Waals surface area contributed by atoms with Crippen molar-refractivity contribution in [1.29, 1.82) is 0 Å². The highest BCUT2D eigenvalue weighted by Gasteiger charge is 2.25. The highest BCUT2D eigenvalue weighted by molar-refractivity contribution is 5.92. The summed E-state index contributed by atoms with van der Waals surface area (Å²) in [6.07, 6.45) is 1.42. The van der Waals surface area contributed by atoms with Gasteiger partial charge in [0, 0.05) is 32.6 Å². The van der Waals surface area contributed by atoms with Gasteiger partial charge >= 0.3 is 0 Å². The van der Waals surface area contributed by atoms with Gasteiger partial charge in [0.1, 0.15) is 6.26 Å². The van der Waals surface area contributed by atoms with Crippen molar-refractivity contribution < 1.29 is 9.21 Å². The zero-order chi connectivity index (χ0) is 10.8. The Morgan fingerprint density at radius 2 is 2.53 bits per heavy atom. The van der Waals surface area contributed by atoms with Crippen LogP contribution >= 0.6 is 0 Å². The molecule has 0 saturated carbocycles. The summed E-state index contributed by atoms with van der Waals surface area (Å²) in [5.41, 5.74) is 0.404. The van der Waals surface area contributed by atoms with Gasteiger partial charge in [0.2, 0.25) is 0 Å². The molecule has 1 amide bonds. The monoisotopic (exact) mass is 209 g/mol. The minimum Gasteiger partial charge on any atom is -0.448 e. The number of rotatable bonds is 1. The van der Waals surface area contributed by atoms with Gasteiger partial charge in [-0.15, -0.1) is 0 Å². The molecule has 1 saturated heterocycles. The van der Waals surface area contributed by atoms with Gasteiger partial charge in [0.25, 0.3) is 5.91 Å². The molecule has 0 bridgehead atoms. The third-order valence-electron chi connectivity index (χ3n) is 2.60. The Labute approximate surface area is 88.5 Å². The minimum absolute atomic E-state index is 0.0409. The van der Waals surface area contributed by atoms with Crippen molar-refractivity contribution in [3.8, 4) is 0 Å². The smallest absolute Gasteiger partial charge is 0.276 e. The molecule has 1 aromatic heterocycles. The fourth-order valence-electron chi connectivity index (χ4n) is 1.75. The van der Waals surface area contributed by atoms with Crippen molar-refractivity contribution in [3.63, 3.8) is 0 Å². The molecule has 0 spiro atoms. The van der Waals surface area contributed by atoms with Gasteiger partial charge in [-0.05, 0) is 6.92 Å². The molecule has 0 radical (unpaired) electrons. The Bertz CT molecular complexity index is 361. The molecule has 1 aliphatic heterocycles. The van der Waals surface area contributed by atoms with Crippen molar-refractivity contribution in [2.75, 3.05) is 19.6 Å². The second-order valence-corrected chi connectivity index (χ2v) is 3.80. The van der Waals surface area contributed by atoms with Crippen LogP contribution in [-0.4, -0.2) is 41.5 Å². The Kier molecular flexibility index (Phi) is 2.73. The fraction of sp³-hybridized carbons (Fsp3) is 0.600. The molecule has 2 rings (SSSR count). The van der Waals surface area contributed by atoms with Crippen LogP contribution in [0.4, 0.5) is 0 Å². The molecular weight excluding hydrogens is 194 g/mol. The molecule has 5 heteroatoms. The van der Waals surface area contributed by atoms with Crippen molar-refractivity contribution >= 4 is 5.91 Å². The first-order valence-electron chi connectivity index (χ1n) is 5.12. The lowest BCUT2D eigenvalue weighted by atomic mass is 10.2. The summed E-state index contributed by atoms with van der Waals surface area (Å²) in [6.45, 7) is 6.16. The number of aromatic nitrogens is 1. The van der Waals surface area contributed by atoms with E-state index in [-0.39, 0.29) is 11.9 Å². The first-order valence-corrected chi connectivity index (χ1v) is 5.12. The van der Waals surface area contributed by atoms with E-state index in [1.54, 1.807) is 6.92 Å². The average Bonchev–Trinajstić information content (AvgIpc) is 2.65. The van der Waals surface area contributed by atoms with E-state index in [1.165, 1.54) is 6.26 Å². The number of carbonyl (C=O) groups excluding carboxylic acids is 1. The summed E-state index contributed by atoms with van der Waals surface area (Å²) in [7, 11) is 0. The maximum Gasteiger partial charge on any atom is 0.276 e. The topological polar surface area (TPSA) is 58.4 Å². The summed E-state index contributed by atoms with van der Waals surface area (Å²) >= 11 is 0. The number of aryl methyl sites for hydroxylation is 1. The van der Waals surface area contributed by atoms with Crippen LogP contribution in [0, 0.1) is 6.92 Å². The Hall–Kier alpha value is -1.36. The maximum absolute atomic E-state index is 12.0. The maximum atomic E-state index is 12.0. The molecule has 1 fully saturated rings. The van der Waals surface area contributed by atoms with Gasteiger partial charge in [0.05, 0.1) is 0 Å². The molecule has 1 atom stereocenters. The molecule has 1 aliphatic rings. The van der Waals surface area contributed by atoms with Crippen LogP contribution in [0.3, 0.4) is 0 Å². The lowest BCUT2D eigenvalue weighted by molar-refractivity contribution is 0.0649. The van der Waals surface area contributed by atoms with Crippen LogP contribution < -0.4 is 5.32 Å². The number of carbonyl (C=O) groups is 1. The van der Waals surface area contributed by atoms with Gasteiger partial charge in [-0.3, -0.25) is 4.79 Å². The number of hydrogen-bond donors (Lipinski definition) is 1. The normalized spacial score (nSPS) is 21.7. The summed E-state index contributed by atoms with van der Waals surface area (Å²) in [5, 5.41) is 3.24. The predicted octanol–water partition coefficient (Wildman–Crippen LogP) is 0.417. The fourth-order valence-corrected chi connectivity index (χ4v) is 1.75. The zero-order valence-electron chi connectivity index (χ0n) is 8.99. The second-order valence-electron chi connectivity index (χ2n) is 3.80. The second kappa shape index (κ2) is 4.02. The third-order valence-corrected chi connectivity index (χ3v) is 2.60. The lowest BCUT2D eigenvalue weighted by Crippen LogP contribution is -2.52. The Morgan fingerprint density at radius 3 is 3.13 bits per heavy atom. The van der Waals surface area contributed by atoms with E-state index >= 15 is 0 Å². The van der Waals surface area contributed by atoms with Crippen LogP contribution in [0.1, 0.15) is 23.3 Å². The van der Waals surface area contributed by atoms with E-state index in [0.29, 0.717) is 11.6 Å². The third kappa shape index (κ3) is 2.02. The van der Waals surface area contributed by atoms with Gasteiger partial charge in [0.15, 0.2) is 11.6 Å². The number of amides is 1. The van der Waals surface area contributed by atoms with Gasteiger partial charge in [-0.1, -0.05) is 0 Å². The van der Waals surface area contributed by atoms with Crippen LogP contribution in [0.5, 0.6) is 0 Å². The van der Waals surface area contributed by atoms with Gasteiger partial charge in [-0.25, -0.2) is 4.98 Å². The number of nitrogens with one attached hydrogen (secondary N) is 1. The highest BCUT2D eigenvalue weighted by atomic mass is 16.3. The lowest BCUT2D eigenvalue weighted by Gasteiger charge is -2.33. The number of nitrogens with zero attached hydrogens (tertiary/aromatic N) is 2. The standard InChI is InChI=1S/C10H15N3O2/c1-7-5-11-3-4-13(7)10(14)9-6-15-8(2)12-9/h6-7,11H,3-5H2,1-2H3/t7-/m1/s1. The summed E-state index contributed by atoms with van der Waals surface area (Å²) < 4.78 is 5.04. The molecular formula is C10H15N3O2. The van der Waals surface area contributed by atoms with Crippen molar-refractivity contribution in [1.82, 2.24) is 15.2 Å². The summed E-state index contributed by atoms with van der Waals surface area (Å²) in [4.78, 5) is 17.9. The predicted molar refractivity (Wildman–Crippen MR) is 54.6 cm³/mol. The van der Waals surface area contributed by atoms with Crippen LogP contribution in [-0.2, 0) is 0 Å². The molecule has 1 N–H and O–H groups in total. The number of hydrogen-bond acceptors (Lipinski definition) is 4. The molecule has 0 aliphatic carbocycles. The van der Waals surface area contributed by atoms with E-state index in [2.05, 4.69) is 10.3 Å². The average molecular weight is 209 g/mol. The van der Waals surface area contributed by atoms with E-state index in [9.17, 15) is 4.79 Å². The van der Waals surface area contributed by atoms with E-state index in [0.717, 1.165) is 19.6 Å². The minimum atomic E-state index is -0.0409. The molecule has 0 unspecified atom stereocenters. The summed E-state index contributed by atoms with van der Waals surface area (Å²) in [6, 6.07) is 0.211. The van der Waals surface area contributed by atoms with Crippen LogP contribution in [0.25, 0.3) is 0 Å². The number of oxazole rings is 1. The van der Waals surface area contributed by atoms with Crippen molar-refractivity contribution in [3.05, 3.63) is 17.8 Å². The molecule has 2 heterocycles. The van der Waals surface area contributed by atoms with E-state index in [1.807, 2.05) is 11.8 Å². The van der Waals surface area contributed by atoms with Crippen LogP contribution in [0.2, 0.25) is 0 Å². The zero-order valence-corrected chi connectivity index (χ0v) is 8.99. The van der Waals surface area contributed by atoms with E-state index < -0.39 is 0 Å². The van der Waals surface area contributed by atoms with Gasteiger partial charge in [-0.2, -0.15) is 0 Å². The van der Waals surface area contributed by atoms with Crippen LogP contribution in [0.15, 0.2) is 10.7 Å². The molecule has 0 aromatic carbocycles. The SMILES string of the molecule is Cc1nc(C(=O)N2CCNC[C@H]2C)co1. The largest absolute Gasteiger partial charge is 0.448 e. The summed E-state index contributed by atoms with van der Waals surface area (Å²) in [5.74, 6) is 0.488.